The number of fused-ring (bicyclic) bond motifs is 2. The Balaban J connectivity index is 1.51. The van der Waals surface area contributed by atoms with Gasteiger partial charge in [-0.05, 0) is 62.7 Å². The SMILES string of the molecule is CC(C)(C)OC(=O)Nc1cc(C(NS(=O)(=O)c2ccc3c(c2)OCCCO3)c2cc3ccccc3o2)ccn1. The van der Waals surface area contributed by atoms with Crippen molar-refractivity contribution in [3.63, 3.8) is 0 Å². The number of hydrogen-bond acceptors (Lipinski definition) is 8. The minimum Gasteiger partial charge on any atom is -0.490 e. The van der Waals surface area contributed by atoms with Gasteiger partial charge in [0.25, 0.3) is 0 Å². The van der Waals surface area contributed by atoms with Gasteiger partial charge in [-0.25, -0.2) is 18.2 Å². The van der Waals surface area contributed by atoms with Crippen LogP contribution >= 0.6 is 0 Å². The van der Waals surface area contributed by atoms with Gasteiger partial charge >= 0.3 is 6.09 Å². The van der Waals surface area contributed by atoms with Crippen LogP contribution in [-0.4, -0.2) is 38.3 Å². The van der Waals surface area contributed by atoms with Gasteiger partial charge in [-0.1, -0.05) is 18.2 Å². The summed E-state index contributed by atoms with van der Waals surface area (Å²) < 4.78 is 52.7. The number of pyridine rings is 1. The molecule has 0 bridgehead atoms. The topological polar surface area (TPSA) is 129 Å². The van der Waals surface area contributed by atoms with Crippen molar-refractivity contribution in [2.24, 2.45) is 0 Å². The van der Waals surface area contributed by atoms with E-state index in [-0.39, 0.29) is 10.7 Å². The first-order valence-corrected chi connectivity index (χ1v) is 13.9. The Kier molecular flexibility index (Phi) is 7.19. The van der Waals surface area contributed by atoms with Crippen molar-refractivity contribution >= 4 is 32.9 Å². The van der Waals surface area contributed by atoms with E-state index in [2.05, 4.69) is 15.0 Å². The van der Waals surface area contributed by atoms with Gasteiger partial charge in [-0.3, -0.25) is 5.32 Å². The molecule has 0 aliphatic carbocycles. The number of sulfonamides is 1. The molecule has 0 spiro atoms. The lowest BCUT2D eigenvalue weighted by molar-refractivity contribution is 0.0635. The lowest BCUT2D eigenvalue weighted by atomic mass is 10.1. The number of hydrogen-bond donors (Lipinski definition) is 2. The van der Waals surface area contributed by atoms with E-state index in [1.165, 1.54) is 18.3 Å². The Morgan fingerprint density at radius 1 is 1.00 bits per heavy atom. The van der Waals surface area contributed by atoms with Crippen molar-refractivity contribution in [3.8, 4) is 11.5 Å². The van der Waals surface area contributed by atoms with Crippen LogP contribution in [0.3, 0.4) is 0 Å². The van der Waals surface area contributed by atoms with Gasteiger partial charge in [-0.15, -0.1) is 0 Å². The maximum Gasteiger partial charge on any atom is 0.413 e. The third-order valence-electron chi connectivity index (χ3n) is 5.78. The van der Waals surface area contributed by atoms with Gasteiger partial charge < -0.3 is 18.6 Å². The summed E-state index contributed by atoms with van der Waals surface area (Å²) in [6.45, 7) is 6.18. The maximum absolute atomic E-state index is 13.6. The van der Waals surface area contributed by atoms with E-state index in [1.807, 2.05) is 18.2 Å². The van der Waals surface area contributed by atoms with Crippen molar-refractivity contribution in [3.05, 3.63) is 78.2 Å². The first kappa shape index (κ1) is 26.5. The number of carbonyl (C=O) groups excluding carboxylic acids is 1. The number of furan rings is 1. The molecular weight excluding hydrogens is 522 g/mol. The fourth-order valence-corrected chi connectivity index (χ4v) is 5.28. The Morgan fingerprint density at radius 3 is 2.54 bits per heavy atom. The zero-order valence-corrected chi connectivity index (χ0v) is 22.6. The van der Waals surface area contributed by atoms with Crippen LogP contribution in [0.1, 0.15) is 44.6 Å². The summed E-state index contributed by atoms with van der Waals surface area (Å²) in [5.74, 6) is 1.41. The van der Waals surface area contributed by atoms with E-state index in [0.29, 0.717) is 48.0 Å². The highest BCUT2D eigenvalue weighted by Crippen LogP contribution is 2.34. The third-order valence-corrected chi connectivity index (χ3v) is 7.20. The van der Waals surface area contributed by atoms with Crippen molar-refractivity contribution in [2.45, 2.75) is 43.7 Å². The molecule has 3 heterocycles. The first-order chi connectivity index (χ1) is 18.6. The second kappa shape index (κ2) is 10.6. The van der Waals surface area contributed by atoms with Crippen LogP contribution in [0.15, 0.2) is 76.2 Å². The monoisotopic (exact) mass is 551 g/mol. The van der Waals surface area contributed by atoms with Crippen molar-refractivity contribution < 1.29 is 31.8 Å². The molecule has 1 aliphatic rings. The number of aromatic nitrogens is 1. The molecule has 2 N–H and O–H groups in total. The van der Waals surface area contributed by atoms with Crippen LogP contribution in [0, 0.1) is 0 Å². The lowest BCUT2D eigenvalue weighted by Gasteiger charge is -2.20. The zero-order chi connectivity index (χ0) is 27.6. The molecule has 1 unspecified atom stereocenters. The van der Waals surface area contributed by atoms with E-state index in [4.69, 9.17) is 18.6 Å². The third kappa shape index (κ3) is 6.32. The average molecular weight is 552 g/mol. The number of benzene rings is 2. The number of carbonyl (C=O) groups is 1. The van der Waals surface area contributed by atoms with E-state index >= 15 is 0 Å². The second-order valence-corrected chi connectivity index (χ2v) is 11.7. The van der Waals surface area contributed by atoms with Crippen molar-refractivity contribution in [1.29, 1.82) is 0 Å². The number of para-hydroxylation sites is 1. The summed E-state index contributed by atoms with van der Waals surface area (Å²) in [5, 5.41) is 3.41. The minimum atomic E-state index is -4.08. The standard InChI is InChI=1S/C28H29N3O7S/c1-28(2,3)38-27(32)30-25-16-19(11-12-29-25)26(24-15-18-7-4-5-8-21(18)37-24)31-39(33,34)20-9-10-22-23(17-20)36-14-6-13-35-22/h4-5,7-12,15-17,26,31H,6,13-14H2,1-3H3,(H,29,30,32). The van der Waals surface area contributed by atoms with Crippen LogP contribution in [0.5, 0.6) is 11.5 Å². The molecule has 1 atom stereocenters. The molecule has 4 aromatic rings. The Labute approximate surface area is 226 Å². The molecule has 2 aromatic heterocycles. The molecule has 0 saturated carbocycles. The number of ether oxygens (including phenoxy) is 3. The number of nitrogens with zero attached hydrogens (tertiary/aromatic N) is 1. The molecule has 1 amide bonds. The molecule has 0 fully saturated rings. The molecule has 0 radical (unpaired) electrons. The van der Waals surface area contributed by atoms with E-state index in [0.717, 1.165) is 5.39 Å². The summed E-state index contributed by atoms with van der Waals surface area (Å²) in [7, 11) is -4.08. The summed E-state index contributed by atoms with van der Waals surface area (Å²) in [4.78, 5) is 16.5. The first-order valence-electron chi connectivity index (χ1n) is 12.4. The summed E-state index contributed by atoms with van der Waals surface area (Å²) >= 11 is 0. The van der Waals surface area contributed by atoms with Crippen LogP contribution < -0.4 is 19.5 Å². The van der Waals surface area contributed by atoms with Gasteiger partial charge in [0, 0.05) is 24.1 Å². The molecule has 204 valence electrons. The number of nitrogens with one attached hydrogen (secondary N) is 2. The van der Waals surface area contributed by atoms with Crippen LogP contribution in [0.25, 0.3) is 11.0 Å². The quantitative estimate of drug-likeness (QED) is 0.326. The molecule has 5 rings (SSSR count). The van der Waals surface area contributed by atoms with Gasteiger partial charge in [0.1, 0.15) is 28.8 Å². The molecule has 0 saturated heterocycles. The molecule has 1 aliphatic heterocycles. The number of rotatable bonds is 6. The van der Waals surface area contributed by atoms with E-state index in [1.54, 1.807) is 51.1 Å². The van der Waals surface area contributed by atoms with Crippen LogP contribution in [0.2, 0.25) is 0 Å². The molecular formula is C28H29N3O7S. The van der Waals surface area contributed by atoms with E-state index < -0.39 is 27.8 Å². The van der Waals surface area contributed by atoms with Gasteiger partial charge in [0.15, 0.2) is 11.5 Å². The fraction of sp³-hybridized carbons (Fsp3) is 0.286. The molecule has 39 heavy (non-hydrogen) atoms. The Morgan fingerprint density at radius 2 is 1.77 bits per heavy atom. The number of anilines is 1. The van der Waals surface area contributed by atoms with Crippen LogP contribution in [0.4, 0.5) is 10.6 Å². The van der Waals surface area contributed by atoms with Gasteiger partial charge in [-0.2, -0.15) is 4.72 Å². The zero-order valence-electron chi connectivity index (χ0n) is 21.8. The normalized spacial score (nSPS) is 14.4. The Bertz CT molecular complexity index is 1580. The van der Waals surface area contributed by atoms with E-state index in [9.17, 15) is 13.2 Å². The van der Waals surface area contributed by atoms with Crippen LogP contribution in [-0.2, 0) is 14.8 Å². The van der Waals surface area contributed by atoms with Crippen molar-refractivity contribution in [1.82, 2.24) is 9.71 Å². The lowest BCUT2D eigenvalue weighted by Crippen LogP contribution is -2.30. The summed E-state index contributed by atoms with van der Waals surface area (Å²) in [6, 6.07) is 15.9. The fourth-order valence-electron chi connectivity index (χ4n) is 4.07. The summed E-state index contributed by atoms with van der Waals surface area (Å²) in [5.41, 5.74) is 0.401. The van der Waals surface area contributed by atoms with Crippen molar-refractivity contribution in [2.75, 3.05) is 18.5 Å². The molecule has 11 heteroatoms. The summed E-state index contributed by atoms with van der Waals surface area (Å²) in [6.07, 6.45) is 1.49. The average Bonchev–Trinajstić information content (AvgIpc) is 3.16. The smallest absolute Gasteiger partial charge is 0.413 e. The highest BCUT2D eigenvalue weighted by atomic mass is 32.2. The predicted octanol–water partition coefficient (Wildman–Crippen LogP) is 5.40. The van der Waals surface area contributed by atoms with Gasteiger partial charge in [0.2, 0.25) is 10.0 Å². The minimum absolute atomic E-state index is 0.00835. The highest BCUT2D eigenvalue weighted by Gasteiger charge is 2.28. The van der Waals surface area contributed by atoms with Gasteiger partial charge in [0.05, 0.1) is 18.1 Å². The second-order valence-electron chi connectivity index (χ2n) is 10.0. The highest BCUT2D eigenvalue weighted by molar-refractivity contribution is 7.89. The predicted molar refractivity (Wildman–Crippen MR) is 145 cm³/mol. The molecule has 10 nitrogen and oxygen atoms in total. The number of amides is 1. The largest absolute Gasteiger partial charge is 0.490 e. The Hall–Kier alpha value is -4.09. The molecule has 2 aromatic carbocycles. The maximum atomic E-state index is 13.6.